The van der Waals surface area contributed by atoms with Crippen molar-refractivity contribution < 1.29 is 4.79 Å². The smallest absolute Gasteiger partial charge is 0.248 e. The van der Waals surface area contributed by atoms with Gasteiger partial charge in [-0.1, -0.05) is 0 Å². The van der Waals surface area contributed by atoms with Gasteiger partial charge in [0.15, 0.2) is 0 Å². The number of H-pyrrole nitrogens is 1. The third-order valence-electron chi connectivity index (χ3n) is 3.06. The molecule has 2 aromatic heterocycles. The number of rotatable bonds is 3. The van der Waals surface area contributed by atoms with E-state index in [4.69, 9.17) is 5.73 Å². The first-order valence-corrected chi connectivity index (χ1v) is 6.11. The van der Waals surface area contributed by atoms with Crippen LogP contribution < -0.4 is 11.1 Å². The van der Waals surface area contributed by atoms with E-state index in [1.807, 2.05) is 19.2 Å². The highest BCUT2D eigenvalue weighted by molar-refractivity contribution is 5.96. The number of imidazole rings is 1. The zero-order valence-electron chi connectivity index (χ0n) is 10.8. The molecule has 0 saturated heterocycles. The van der Waals surface area contributed by atoms with Gasteiger partial charge in [0.25, 0.3) is 0 Å². The molecule has 0 atom stereocenters. The van der Waals surface area contributed by atoms with E-state index in [-0.39, 0.29) is 0 Å². The van der Waals surface area contributed by atoms with Crippen molar-refractivity contribution >= 4 is 22.8 Å². The molecule has 0 fully saturated rings. The monoisotopic (exact) mass is 267 g/mol. The molecule has 0 unspecified atom stereocenters. The van der Waals surface area contributed by atoms with Gasteiger partial charge in [0, 0.05) is 24.4 Å². The second kappa shape index (κ2) is 4.65. The quantitative estimate of drug-likeness (QED) is 0.673. The molecule has 0 saturated carbocycles. The van der Waals surface area contributed by atoms with E-state index in [0.717, 1.165) is 28.2 Å². The fourth-order valence-corrected chi connectivity index (χ4v) is 2.01. The zero-order chi connectivity index (χ0) is 14.1. The molecule has 20 heavy (non-hydrogen) atoms. The molecule has 100 valence electrons. The lowest BCUT2D eigenvalue weighted by molar-refractivity contribution is 0.100. The van der Waals surface area contributed by atoms with Crippen molar-refractivity contribution in [1.29, 1.82) is 0 Å². The number of fused-ring (bicyclic) bond motifs is 1. The van der Waals surface area contributed by atoms with Gasteiger partial charge in [-0.05, 0) is 30.3 Å². The lowest BCUT2D eigenvalue weighted by Gasteiger charge is -2.00. The molecule has 4 N–H and O–H groups in total. The minimum Gasteiger partial charge on any atom is -0.373 e. The van der Waals surface area contributed by atoms with Crippen LogP contribution in [0.4, 0.5) is 5.82 Å². The number of pyridine rings is 1. The molecule has 0 spiro atoms. The Labute approximate surface area is 115 Å². The highest BCUT2D eigenvalue weighted by Crippen LogP contribution is 2.22. The topological polar surface area (TPSA) is 96.7 Å². The molecular weight excluding hydrogens is 254 g/mol. The normalized spacial score (nSPS) is 10.7. The minimum atomic E-state index is -0.454. The predicted molar refractivity (Wildman–Crippen MR) is 77.4 cm³/mol. The van der Waals surface area contributed by atoms with Crippen molar-refractivity contribution in [2.45, 2.75) is 0 Å². The lowest BCUT2D eigenvalue weighted by atomic mass is 10.2. The SMILES string of the molecule is CNc1cc(-c2nc3ccc(C(N)=O)cc3[nH]2)ccn1. The van der Waals surface area contributed by atoms with E-state index in [9.17, 15) is 4.79 Å². The standard InChI is InChI=1S/C14H13N5O/c1-16-12-7-9(4-5-17-12)14-18-10-3-2-8(13(15)20)6-11(10)19-14/h2-7H,1H3,(H2,15,20)(H,16,17)(H,18,19). The Hall–Kier alpha value is -2.89. The van der Waals surface area contributed by atoms with E-state index in [1.54, 1.807) is 24.4 Å². The number of carbonyl (C=O) groups excluding carboxylic acids is 1. The van der Waals surface area contributed by atoms with Gasteiger partial charge in [-0.15, -0.1) is 0 Å². The molecule has 3 aromatic rings. The van der Waals surface area contributed by atoms with Gasteiger partial charge in [-0.25, -0.2) is 9.97 Å². The molecule has 1 aromatic carbocycles. The second-order valence-electron chi connectivity index (χ2n) is 4.36. The number of amides is 1. The largest absolute Gasteiger partial charge is 0.373 e. The van der Waals surface area contributed by atoms with Gasteiger partial charge in [0.1, 0.15) is 11.6 Å². The number of benzene rings is 1. The first kappa shape index (κ1) is 12.2. The highest BCUT2D eigenvalue weighted by atomic mass is 16.1. The van der Waals surface area contributed by atoms with Crippen molar-refractivity contribution in [1.82, 2.24) is 15.0 Å². The Kier molecular flexibility index (Phi) is 2.83. The Morgan fingerprint density at radius 2 is 2.15 bits per heavy atom. The number of primary amides is 1. The first-order chi connectivity index (χ1) is 9.67. The Morgan fingerprint density at radius 3 is 2.90 bits per heavy atom. The molecule has 0 aliphatic carbocycles. The van der Waals surface area contributed by atoms with Crippen LogP contribution >= 0.6 is 0 Å². The summed E-state index contributed by atoms with van der Waals surface area (Å²) in [5, 5.41) is 2.98. The summed E-state index contributed by atoms with van der Waals surface area (Å²) >= 11 is 0. The van der Waals surface area contributed by atoms with E-state index in [0.29, 0.717) is 5.56 Å². The van der Waals surface area contributed by atoms with Crippen LogP contribution in [0.3, 0.4) is 0 Å². The van der Waals surface area contributed by atoms with Crippen molar-refractivity contribution in [3.8, 4) is 11.4 Å². The third-order valence-corrected chi connectivity index (χ3v) is 3.06. The van der Waals surface area contributed by atoms with Crippen LogP contribution in [0.2, 0.25) is 0 Å². The molecule has 0 bridgehead atoms. The number of aromatic amines is 1. The average Bonchev–Trinajstić information content (AvgIpc) is 2.90. The summed E-state index contributed by atoms with van der Waals surface area (Å²) in [5.74, 6) is 1.03. The molecule has 6 heteroatoms. The van der Waals surface area contributed by atoms with Gasteiger partial charge >= 0.3 is 0 Å². The summed E-state index contributed by atoms with van der Waals surface area (Å²) in [6, 6.07) is 8.91. The average molecular weight is 267 g/mol. The predicted octanol–water partition coefficient (Wildman–Crippen LogP) is 1.77. The summed E-state index contributed by atoms with van der Waals surface area (Å²) in [6.07, 6.45) is 1.71. The van der Waals surface area contributed by atoms with Crippen LogP contribution in [0, 0.1) is 0 Å². The maximum Gasteiger partial charge on any atom is 0.248 e. The second-order valence-corrected chi connectivity index (χ2v) is 4.36. The fourth-order valence-electron chi connectivity index (χ4n) is 2.01. The summed E-state index contributed by atoms with van der Waals surface area (Å²) in [6.45, 7) is 0. The van der Waals surface area contributed by atoms with Crippen LogP contribution in [0.5, 0.6) is 0 Å². The summed E-state index contributed by atoms with van der Waals surface area (Å²) in [4.78, 5) is 23.0. The van der Waals surface area contributed by atoms with E-state index < -0.39 is 5.91 Å². The maximum absolute atomic E-state index is 11.2. The fraction of sp³-hybridized carbons (Fsp3) is 0.0714. The molecule has 1 amide bonds. The highest BCUT2D eigenvalue weighted by Gasteiger charge is 2.08. The van der Waals surface area contributed by atoms with Crippen LogP contribution in [0.25, 0.3) is 22.4 Å². The number of nitrogens with two attached hydrogens (primary N) is 1. The molecule has 0 aliphatic heterocycles. The molecule has 2 heterocycles. The first-order valence-electron chi connectivity index (χ1n) is 6.11. The zero-order valence-corrected chi connectivity index (χ0v) is 10.8. The number of anilines is 1. The Morgan fingerprint density at radius 1 is 1.30 bits per heavy atom. The molecule has 0 radical (unpaired) electrons. The number of aromatic nitrogens is 3. The van der Waals surface area contributed by atoms with Gasteiger partial charge < -0.3 is 16.0 Å². The van der Waals surface area contributed by atoms with Gasteiger partial charge in [0.2, 0.25) is 5.91 Å². The number of nitrogens with one attached hydrogen (secondary N) is 2. The van der Waals surface area contributed by atoms with Crippen molar-refractivity contribution in [3.05, 3.63) is 42.1 Å². The van der Waals surface area contributed by atoms with Crippen LogP contribution in [0.15, 0.2) is 36.5 Å². The van der Waals surface area contributed by atoms with Crippen molar-refractivity contribution in [2.75, 3.05) is 12.4 Å². The minimum absolute atomic E-state index is 0.454. The van der Waals surface area contributed by atoms with Crippen molar-refractivity contribution in [3.63, 3.8) is 0 Å². The van der Waals surface area contributed by atoms with Crippen molar-refractivity contribution in [2.24, 2.45) is 5.73 Å². The third kappa shape index (κ3) is 2.07. The van der Waals surface area contributed by atoms with E-state index >= 15 is 0 Å². The summed E-state index contributed by atoms with van der Waals surface area (Å²) in [5.41, 5.74) is 8.21. The number of nitrogens with zero attached hydrogens (tertiary/aromatic N) is 2. The number of hydrogen-bond donors (Lipinski definition) is 3. The van der Waals surface area contributed by atoms with Crippen LogP contribution in [-0.2, 0) is 0 Å². The lowest BCUT2D eigenvalue weighted by Crippen LogP contribution is -2.10. The molecule has 3 rings (SSSR count). The van der Waals surface area contributed by atoms with Crippen LogP contribution in [-0.4, -0.2) is 27.9 Å². The number of hydrogen-bond acceptors (Lipinski definition) is 4. The van der Waals surface area contributed by atoms with Crippen LogP contribution in [0.1, 0.15) is 10.4 Å². The van der Waals surface area contributed by atoms with E-state index in [1.165, 1.54) is 0 Å². The molecule has 6 nitrogen and oxygen atoms in total. The molecular formula is C14H13N5O. The maximum atomic E-state index is 11.2. The summed E-state index contributed by atoms with van der Waals surface area (Å²) in [7, 11) is 1.81. The van der Waals surface area contributed by atoms with Gasteiger partial charge in [-0.3, -0.25) is 4.79 Å². The van der Waals surface area contributed by atoms with Gasteiger partial charge in [0.05, 0.1) is 11.0 Å². The number of carbonyl (C=O) groups is 1. The van der Waals surface area contributed by atoms with Gasteiger partial charge in [-0.2, -0.15) is 0 Å². The Balaban J connectivity index is 2.10. The molecule has 0 aliphatic rings. The van der Waals surface area contributed by atoms with E-state index in [2.05, 4.69) is 20.3 Å². The summed E-state index contributed by atoms with van der Waals surface area (Å²) < 4.78 is 0. The Bertz CT molecular complexity index is 793.